The van der Waals surface area contributed by atoms with Crippen LogP contribution in [0.4, 0.5) is 0 Å². The van der Waals surface area contributed by atoms with Gasteiger partial charge in [0.15, 0.2) is 0 Å². The highest BCUT2D eigenvalue weighted by atomic mass is 35.5. The van der Waals surface area contributed by atoms with Gasteiger partial charge in [0.2, 0.25) is 0 Å². The molecule has 98 valence electrons. The number of aliphatic hydroxyl groups is 2. The summed E-state index contributed by atoms with van der Waals surface area (Å²) in [7, 11) is 0. The number of hydrogen-bond acceptors (Lipinski definition) is 2. The van der Waals surface area contributed by atoms with Crippen LogP contribution in [0.5, 0.6) is 0 Å². The zero-order valence-corrected chi connectivity index (χ0v) is 11.5. The molecule has 0 atom stereocenters. The molecule has 0 bridgehead atoms. The third-order valence-corrected chi connectivity index (χ3v) is 4.29. The second-order valence-electron chi connectivity index (χ2n) is 4.78. The molecule has 2 N–H and O–H groups in total. The Morgan fingerprint density at radius 1 is 0.789 bits per heavy atom. The molecule has 3 rings (SSSR count). The molecule has 2 nitrogen and oxygen atoms in total. The van der Waals surface area contributed by atoms with Crippen LogP contribution in [0.25, 0.3) is 11.1 Å². The standard InChI is InChI=1S/C15H12Cl2O2/c16-9-1-3-13-11(5-9)12-6-10(17)2-4-14(12)15(13,7-18)8-19/h1-6,18-19H,7-8H2. The van der Waals surface area contributed by atoms with Crippen LogP contribution in [0.15, 0.2) is 36.4 Å². The summed E-state index contributed by atoms with van der Waals surface area (Å²) in [6, 6.07) is 11.0. The van der Waals surface area contributed by atoms with Crippen LogP contribution in [0.2, 0.25) is 10.0 Å². The summed E-state index contributed by atoms with van der Waals surface area (Å²) in [5, 5.41) is 20.9. The molecule has 2 aromatic rings. The Morgan fingerprint density at radius 2 is 1.21 bits per heavy atom. The van der Waals surface area contributed by atoms with E-state index in [4.69, 9.17) is 23.2 Å². The van der Waals surface area contributed by atoms with Crippen LogP contribution in [0.3, 0.4) is 0 Å². The minimum Gasteiger partial charge on any atom is -0.395 e. The first-order valence-electron chi connectivity index (χ1n) is 5.94. The van der Waals surface area contributed by atoms with Gasteiger partial charge < -0.3 is 10.2 Å². The van der Waals surface area contributed by atoms with E-state index in [1.165, 1.54) is 0 Å². The molecule has 0 radical (unpaired) electrons. The average molecular weight is 295 g/mol. The zero-order valence-electron chi connectivity index (χ0n) is 10.0. The molecule has 2 aromatic carbocycles. The van der Waals surface area contributed by atoms with Crippen molar-refractivity contribution in [1.82, 2.24) is 0 Å². The monoisotopic (exact) mass is 294 g/mol. The molecule has 0 aliphatic heterocycles. The van der Waals surface area contributed by atoms with E-state index in [1.54, 1.807) is 12.1 Å². The first kappa shape index (κ1) is 12.9. The third kappa shape index (κ3) is 1.72. The smallest absolute Gasteiger partial charge is 0.0676 e. The number of fused-ring (bicyclic) bond motifs is 3. The lowest BCUT2D eigenvalue weighted by molar-refractivity contribution is 0.146. The lowest BCUT2D eigenvalue weighted by atomic mass is 9.80. The van der Waals surface area contributed by atoms with E-state index in [2.05, 4.69) is 0 Å². The molecule has 0 unspecified atom stereocenters. The Bertz CT molecular complexity index is 595. The molecule has 4 heteroatoms. The molecule has 0 fully saturated rings. The van der Waals surface area contributed by atoms with E-state index in [1.807, 2.05) is 24.3 Å². The van der Waals surface area contributed by atoms with Crippen molar-refractivity contribution in [2.24, 2.45) is 0 Å². The first-order chi connectivity index (χ1) is 9.12. The van der Waals surface area contributed by atoms with Crippen LogP contribution in [0, 0.1) is 0 Å². The van der Waals surface area contributed by atoms with Gasteiger partial charge in [-0.1, -0.05) is 35.3 Å². The molecule has 1 aliphatic rings. The summed E-state index contributed by atoms with van der Waals surface area (Å²) < 4.78 is 0. The summed E-state index contributed by atoms with van der Waals surface area (Å²) in [4.78, 5) is 0. The van der Waals surface area contributed by atoms with E-state index in [0.717, 1.165) is 22.3 Å². The first-order valence-corrected chi connectivity index (χ1v) is 6.70. The predicted octanol–water partition coefficient (Wildman–Crippen LogP) is 3.24. The van der Waals surface area contributed by atoms with Gasteiger partial charge in [-0.25, -0.2) is 0 Å². The Kier molecular flexibility index (Phi) is 3.06. The van der Waals surface area contributed by atoms with Crippen LogP contribution in [-0.4, -0.2) is 23.4 Å². The van der Waals surface area contributed by atoms with E-state index < -0.39 is 5.41 Å². The van der Waals surface area contributed by atoms with Crippen LogP contribution in [-0.2, 0) is 5.41 Å². The molecule has 0 heterocycles. The molecule has 19 heavy (non-hydrogen) atoms. The van der Waals surface area contributed by atoms with Gasteiger partial charge in [-0.3, -0.25) is 0 Å². The molecular formula is C15H12Cl2O2. The molecule has 0 saturated carbocycles. The molecule has 1 aliphatic carbocycles. The van der Waals surface area contributed by atoms with Crippen molar-refractivity contribution in [2.75, 3.05) is 13.2 Å². The van der Waals surface area contributed by atoms with Crippen molar-refractivity contribution >= 4 is 23.2 Å². The largest absolute Gasteiger partial charge is 0.395 e. The maximum Gasteiger partial charge on any atom is 0.0676 e. The normalized spacial score (nSPS) is 15.2. The van der Waals surface area contributed by atoms with E-state index in [-0.39, 0.29) is 13.2 Å². The fourth-order valence-electron chi connectivity index (χ4n) is 2.85. The van der Waals surface area contributed by atoms with Crippen molar-refractivity contribution in [3.63, 3.8) is 0 Å². The van der Waals surface area contributed by atoms with Gasteiger partial charge >= 0.3 is 0 Å². The lowest BCUT2D eigenvalue weighted by Gasteiger charge is -2.27. The highest BCUT2D eigenvalue weighted by Crippen LogP contribution is 2.49. The molecular weight excluding hydrogens is 283 g/mol. The van der Waals surface area contributed by atoms with Crippen molar-refractivity contribution in [3.8, 4) is 11.1 Å². The Balaban J connectivity index is 2.39. The van der Waals surface area contributed by atoms with Crippen molar-refractivity contribution in [3.05, 3.63) is 57.6 Å². The molecule has 0 amide bonds. The molecule has 0 saturated heterocycles. The number of aliphatic hydroxyl groups excluding tert-OH is 2. The number of halogens is 2. The summed E-state index contributed by atoms with van der Waals surface area (Å²) >= 11 is 12.1. The predicted molar refractivity (Wildman–Crippen MR) is 76.8 cm³/mol. The summed E-state index contributed by atoms with van der Waals surface area (Å²) in [6.45, 7) is -0.320. The number of rotatable bonds is 2. The lowest BCUT2D eigenvalue weighted by Crippen LogP contribution is -2.33. The van der Waals surface area contributed by atoms with Gasteiger partial charge in [0.05, 0.1) is 18.6 Å². The Labute approximate surface area is 121 Å². The van der Waals surface area contributed by atoms with Crippen molar-refractivity contribution in [1.29, 1.82) is 0 Å². The topological polar surface area (TPSA) is 40.5 Å². The van der Waals surface area contributed by atoms with Crippen LogP contribution >= 0.6 is 23.2 Å². The Morgan fingerprint density at radius 3 is 1.58 bits per heavy atom. The maximum atomic E-state index is 9.82. The zero-order chi connectivity index (χ0) is 13.6. The van der Waals surface area contributed by atoms with Gasteiger partial charge in [-0.15, -0.1) is 0 Å². The van der Waals surface area contributed by atoms with Gasteiger partial charge in [0, 0.05) is 10.0 Å². The number of hydrogen-bond donors (Lipinski definition) is 2. The van der Waals surface area contributed by atoms with E-state index in [0.29, 0.717) is 10.0 Å². The average Bonchev–Trinajstić information content (AvgIpc) is 2.68. The fraction of sp³-hybridized carbons (Fsp3) is 0.200. The SMILES string of the molecule is OCC1(CO)c2ccc(Cl)cc2-c2cc(Cl)ccc21. The highest BCUT2D eigenvalue weighted by molar-refractivity contribution is 6.31. The molecule has 0 aromatic heterocycles. The maximum absolute atomic E-state index is 9.82. The quantitative estimate of drug-likeness (QED) is 0.893. The second-order valence-corrected chi connectivity index (χ2v) is 5.65. The van der Waals surface area contributed by atoms with E-state index >= 15 is 0 Å². The van der Waals surface area contributed by atoms with Crippen molar-refractivity contribution in [2.45, 2.75) is 5.41 Å². The van der Waals surface area contributed by atoms with E-state index in [9.17, 15) is 10.2 Å². The van der Waals surface area contributed by atoms with Gasteiger partial charge in [-0.2, -0.15) is 0 Å². The second kappa shape index (κ2) is 4.50. The van der Waals surface area contributed by atoms with Gasteiger partial charge in [0.1, 0.15) is 0 Å². The van der Waals surface area contributed by atoms with Gasteiger partial charge in [0.25, 0.3) is 0 Å². The van der Waals surface area contributed by atoms with Crippen LogP contribution < -0.4 is 0 Å². The third-order valence-electron chi connectivity index (χ3n) is 3.82. The molecule has 0 spiro atoms. The Hall–Kier alpha value is -1.06. The summed E-state index contributed by atoms with van der Waals surface area (Å²) in [5.74, 6) is 0. The van der Waals surface area contributed by atoms with Crippen molar-refractivity contribution < 1.29 is 10.2 Å². The fourth-order valence-corrected chi connectivity index (χ4v) is 3.19. The summed E-state index contributed by atoms with van der Waals surface area (Å²) in [6.07, 6.45) is 0. The highest BCUT2D eigenvalue weighted by Gasteiger charge is 2.42. The minimum atomic E-state index is -0.778. The van der Waals surface area contributed by atoms with Gasteiger partial charge in [-0.05, 0) is 46.5 Å². The number of benzene rings is 2. The van der Waals surface area contributed by atoms with Crippen LogP contribution in [0.1, 0.15) is 11.1 Å². The summed E-state index contributed by atoms with van der Waals surface area (Å²) in [5.41, 5.74) is 2.85. The minimum absolute atomic E-state index is 0.160.